The van der Waals surface area contributed by atoms with Gasteiger partial charge in [0.1, 0.15) is 27.8 Å². The average molecular weight is 558 g/mol. The standard InChI is InChI=1S/C30H27N3O6S/c1-18-25(27(32-19(2)34)40-26(18)29(37)38-17-20-6-4-3-5-7-20)28(36)33-12-10-30(11-13-33)15-23(35)22-14-21(16-31)8-9-24(22)39-30/h3-9,14H,10-13,15,17H2,1-2H3,(H,32,34). The second-order valence-electron chi connectivity index (χ2n) is 10.0. The Bertz CT molecular complexity index is 1550. The van der Waals surface area contributed by atoms with Crippen LogP contribution < -0.4 is 10.1 Å². The lowest BCUT2D eigenvalue weighted by atomic mass is 9.82. The van der Waals surface area contributed by atoms with Gasteiger partial charge in [-0.15, -0.1) is 11.3 Å². The van der Waals surface area contributed by atoms with Crippen LogP contribution in [-0.4, -0.2) is 47.2 Å². The van der Waals surface area contributed by atoms with Crippen molar-refractivity contribution in [3.8, 4) is 11.8 Å². The van der Waals surface area contributed by atoms with Crippen LogP contribution in [0.4, 0.5) is 5.00 Å². The number of esters is 1. The first-order valence-corrected chi connectivity index (χ1v) is 13.7. The molecule has 1 fully saturated rings. The van der Waals surface area contributed by atoms with E-state index in [0.29, 0.717) is 53.4 Å². The molecule has 0 saturated carbocycles. The normalized spacial score (nSPS) is 15.5. The Morgan fingerprint density at radius 3 is 2.55 bits per heavy atom. The summed E-state index contributed by atoms with van der Waals surface area (Å²) in [7, 11) is 0. The van der Waals surface area contributed by atoms with Gasteiger partial charge in [-0.2, -0.15) is 5.26 Å². The zero-order chi connectivity index (χ0) is 28.4. The summed E-state index contributed by atoms with van der Waals surface area (Å²) in [6.45, 7) is 3.77. The number of hydrogen-bond acceptors (Lipinski definition) is 8. The second-order valence-corrected chi connectivity index (χ2v) is 11.0. The van der Waals surface area contributed by atoms with Crippen molar-refractivity contribution in [2.45, 2.75) is 45.3 Å². The monoisotopic (exact) mass is 557 g/mol. The van der Waals surface area contributed by atoms with Crippen molar-refractivity contribution in [2.24, 2.45) is 0 Å². The highest BCUT2D eigenvalue weighted by Gasteiger charge is 2.44. The van der Waals surface area contributed by atoms with E-state index in [9.17, 15) is 19.2 Å². The molecule has 2 aliphatic heterocycles. The maximum atomic E-state index is 13.7. The number of ether oxygens (including phenoxy) is 2. The minimum atomic E-state index is -0.731. The van der Waals surface area contributed by atoms with E-state index in [2.05, 4.69) is 5.32 Å². The Kier molecular flexibility index (Phi) is 7.41. The number of thiophene rings is 1. The van der Waals surface area contributed by atoms with Gasteiger partial charge in [0.15, 0.2) is 5.78 Å². The summed E-state index contributed by atoms with van der Waals surface area (Å²) >= 11 is 1.02. The minimum Gasteiger partial charge on any atom is -0.486 e. The molecule has 9 nitrogen and oxygen atoms in total. The second kappa shape index (κ2) is 10.9. The van der Waals surface area contributed by atoms with Crippen LogP contribution in [0.15, 0.2) is 48.5 Å². The summed E-state index contributed by atoms with van der Waals surface area (Å²) in [5.74, 6) is -0.865. The quantitative estimate of drug-likeness (QED) is 0.443. The highest BCUT2D eigenvalue weighted by atomic mass is 32.1. The lowest BCUT2D eigenvalue weighted by molar-refractivity contribution is -0.114. The fourth-order valence-corrected chi connectivity index (χ4v) is 6.26. The molecular formula is C30H27N3O6S. The van der Waals surface area contributed by atoms with Crippen LogP contribution >= 0.6 is 11.3 Å². The van der Waals surface area contributed by atoms with Gasteiger partial charge in [-0.25, -0.2) is 4.79 Å². The van der Waals surface area contributed by atoms with Gasteiger partial charge in [0.2, 0.25) is 5.91 Å². The van der Waals surface area contributed by atoms with E-state index in [0.717, 1.165) is 16.9 Å². The third kappa shape index (κ3) is 5.33. The van der Waals surface area contributed by atoms with Gasteiger partial charge in [-0.05, 0) is 36.2 Å². The van der Waals surface area contributed by atoms with Gasteiger partial charge >= 0.3 is 5.97 Å². The molecular weight excluding hydrogens is 530 g/mol. The van der Waals surface area contributed by atoms with E-state index in [1.54, 1.807) is 30.0 Å². The maximum absolute atomic E-state index is 13.7. The highest BCUT2D eigenvalue weighted by Crippen LogP contribution is 2.41. The number of ketones is 1. The number of rotatable bonds is 5. The molecule has 5 rings (SSSR count). The van der Waals surface area contributed by atoms with Crippen LogP contribution in [0.1, 0.15) is 73.3 Å². The summed E-state index contributed by atoms with van der Waals surface area (Å²) in [6, 6.07) is 16.1. The van der Waals surface area contributed by atoms with Gasteiger partial charge in [-0.3, -0.25) is 14.4 Å². The number of fused-ring (bicyclic) bond motifs is 1. The molecule has 1 N–H and O–H groups in total. The first-order valence-electron chi connectivity index (χ1n) is 12.9. The van der Waals surface area contributed by atoms with Gasteiger partial charge in [0, 0.05) is 32.9 Å². The third-order valence-corrected chi connectivity index (χ3v) is 8.42. The van der Waals surface area contributed by atoms with Gasteiger partial charge in [0.05, 0.1) is 29.2 Å². The molecule has 0 aliphatic carbocycles. The molecule has 2 aliphatic rings. The number of anilines is 1. The van der Waals surface area contributed by atoms with E-state index in [1.165, 1.54) is 6.92 Å². The Morgan fingerprint density at radius 1 is 1.15 bits per heavy atom. The lowest BCUT2D eigenvalue weighted by Gasteiger charge is -2.44. The van der Waals surface area contributed by atoms with E-state index < -0.39 is 11.6 Å². The van der Waals surface area contributed by atoms with Crippen LogP contribution in [0.5, 0.6) is 5.75 Å². The SMILES string of the molecule is CC(=O)Nc1sc(C(=O)OCc2ccccc2)c(C)c1C(=O)N1CCC2(CC1)CC(=O)c1cc(C#N)ccc1O2. The van der Waals surface area contributed by atoms with Gasteiger partial charge in [-0.1, -0.05) is 30.3 Å². The number of likely N-dealkylation sites (tertiary alicyclic amines) is 1. The molecule has 0 radical (unpaired) electrons. The molecule has 1 aromatic heterocycles. The molecule has 0 unspecified atom stereocenters. The number of carbonyl (C=O) groups is 4. The zero-order valence-electron chi connectivity index (χ0n) is 22.1. The van der Waals surface area contributed by atoms with Crippen LogP contribution in [0.3, 0.4) is 0 Å². The van der Waals surface area contributed by atoms with Crippen molar-refractivity contribution in [2.75, 3.05) is 18.4 Å². The smallest absolute Gasteiger partial charge is 0.349 e. The van der Waals surface area contributed by atoms with Gasteiger partial charge < -0.3 is 19.7 Å². The lowest BCUT2D eigenvalue weighted by Crippen LogP contribution is -2.52. The Morgan fingerprint density at radius 2 is 1.88 bits per heavy atom. The molecule has 3 aromatic rings. The number of hydrogen-bond donors (Lipinski definition) is 1. The van der Waals surface area contributed by atoms with Crippen molar-refractivity contribution in [1.82, 2.24) is 4.90 Å². The molecule has 2 aromatic carbocycles. The van der Waals surface area contributed by atoms with Gasteiger partial charge in [0.25, 0.3) is 5.91 Å². The number of Topliss-reactive ketones (excluding diaryl/α,β-unsaturated/α-hetero) is 1. The fourth-order valence-electron chi connectivity index (χ4n) is 5.12. The Balaban J connectivity index is 1.32. The number of piperidine rings is 1. The van der Waals surface area contributed by atoms with Crippen molar-refractivity contribution in [3.05, 3.63) is 81.2 Å². The van der Waals surface area contributed by atoms with E-state index in [1.807, 2.05) is 36.4 Å². The fraction of sp³-hybridized carbons (Fsp3) is 0.300. The molecule has 2 amide bonds. The average Bonchev–Trinajstić information content (AvgIpc) is 3.27. The molecule has 3 heterocycles. The first kappa shape index (κ1) is 27.1. The number of nitrogens with one attached hydrogen (secondary N) is 1. The van der Waals surface area contributed by atoms with Crippen LogP contribution in [0.25, 0.3) is 0 Å². The predicted octanol–water partition coefficient (Wildman–Crippen LogP) is 4.88. The first-order chi connectivity index (χ1) is 19.2. The molecule has 40 heavy (non-hydrogen) atoms. The summed E-state index contributed by atoms with van der Waals surface area (Å²) < 4.78 is 11.8. The van der Waals surface area contributed by atoms with Crippen LogP contribution in [-0.2, 0) is 16.1 Å². The van der Waals surface area contributed by atoms with Crippen LogP contribution in [0.2, 0.25) is 0 Å². The molecule has 0 bridgehead atoms. The summed E-state index contributed by atoms with van der Waals surface area (Å²) in [4.78, 5) is 53.4. The van der Waals surface area contributed by atoms with E-state index in [-0.39, 0.29) is 41.1 Å². The van der Waals surface area contributed by atoms with E-state index in [4.69, 9.17) is 14.7 Å². The molecule has 204 valence electrons. The summed E-state index contributed by atoms with van der Waals surface area (Å²) in [6.07, 6.45) is 1.05. The van der Waals surface area contributed by atoms with Crippen molar-refractivity contribution in [1.29, 1.82) is 5.26 Å². The van der Waals surface area contributed by atoms with Crippen molar-refractivity contribution >= 4 is 39.9 Å². The van der Waals surface area contributed by atoms with E-state index >= 15 is 0 Å². The molecule has 0 atom stereocenters. The maximum Gasteiger partial charge on any atom is 0.349 e. The van der Waals surface area contributed by atoms with Crippen molar-refractivity contribution in [3.63, 3.8) is 0 Å². The summed E-state index contributed by atoms with van der Waals surface area (Å²) in [5.41, 5.74) is 1.62. The number of nitrogens with zero attached hydrogens (tertiary/aromatic N) is 2. The number of amides is 2. The topological polar surface area (TPSA) is 126 Å². The van der Waals surface area contributed by atoms with Crippen LogP contribution in [0, 0.1) is 18.3 Å². The molecule has 1 spiro atoms. The van der Waals surface area contributed by atoms with Crippen molar-refractivity contribution < 1.29 is 28.7 Å². The number of carbonyl (C=O) groups excluding carboxylic acids is 4. The zero-order valence-corrected chi connectivity index (χ0v) is 22.9. The Hall–Kier alpha value is -4.49. The predicted molar refractivity (Wildman–Crippen MR) is 148 cm³/mol. The Labute approximate surface area is 235 Å². The number of benzene rings is 2. The number of nitriles is 1. The molecule has 1 saturated heterocycles. The highest BCUT2D eigenvalue weighted by molar-refractivity contribution is 7.18. The summed E-state index contributed by atoms with van der Waals surface area (Å²) in [5, 5.41) is 12.1. The molecule has 10 heteroatoms. The minimum absolute atomic E-state index is 0.0848. The third-order valence-electron chi connectivity index (χ3n) is 7.23. The largest absolute Gasteiger partial charge is 0.486 e.